The van der Waals surface area contributed by atoms with Crippen LogP contribution in [0.4, 0.5) is 11.4 Å². The third-order valence-electron chi connectivity index (χ3n) is 3.28. The van der Waals surface area contributed by atoms with Crippen LogP contribution in [-0.2, 0) is 4.79 Å². The van der Waals surface area contributed by atoms with Gasteiger partial charge in [0.25, 0.3) is 5.69 Å². The van der Waals surface area contributed by atoms with Crippen molar-refractivity contribution in [1.29, 1.82) is 0 Å². The zero-order chi connectivity index (χ0) is 16.9. The maximum atomic E-state index is 12.3. The van der Waals surface area contributed by atoms with Gasteiger partial charge in [-0.3, -0.25) is 19.8 Å². The second-order valence-electron chi connectivity index (χ2n) is 5.82. The van der Waals surface area contributed by atoms with Crippen molar-refractivity contribution >= 4 is 17.3 Å². The number of nitrogens with one attached hydrogen (secondary N) is 1. The predicted molar refractivity (Wildman–Crippen MR) is 84.7 cm³/mol. The molecule has 7 nitrogen and oxygen atoms in total. The molecule has 22 heavy (non-hydrogen) atoms. The second-order valence-corrected chi connectivity index (χ2v) is 5.82. The van der Waals surface area contributed by atoms with Crippen LogP contribution in [0.25, 0.3) is 0 Å². The summed E-state index contributed by atoms with van der Waals surface area (Å²) in [6.45, 7) is 7.84. The first-order valence-electron chi connectivity index (χ1n) is 7.16. The van der Waals surface area contributed by atoms with Gasteiger partial charge in [0.05, 0.1) is 16.6 Å². The van der Waals surface area contributed by atoms with Gasteiger partial charge < -0.3 is 10.4 Å². The second kappa shape index (κ2) is 7.33. The molecule has 1 atom stereocenters. The molecule has 0 spiro atoms. The minimum absolute atomic E-state index is 0.145. The summed E-state index contributed by atoms with van der Waals surface area (Å²) in [5, 5.41) is 23.4. The number of rotatable bonds is 7. The minimum Gasteiger partial charge on any atom is -0.389 e. The number of nitro benzene ring substituents is 1. The van der Waals surface area contributed by atoms with Crippen LogP contribution in [0.5, 0.6) is 0 Å². The fraction of sp³-hybridized carbons (Fsp3) is 0.533. The zero-order valence-corrected chi connectivity index (χ0v) is 13.4. The number of carbonyl (C=O) groups excluding carboxylic acids is 1. The highest BCUT2D eigenvalue weighted by atomic mass is 16.6. The maximum absolute atomic E-state index is 12.3. The van der Waals surface area contributed by atoms with Gasteiger partial charge in [-0.1, -0.05) is 19.1 Å². The Morgan fingerprint density at radius 1 is 1.45 bits per heavy atom. The Labute approximate surface area is 130 Å². The Morgan fingerprint density at radius 3 is 2.55 bits per heavy atom. The van der Waals surface area contributed by atoms with E-state index in [2.05, 4.69) is 5.32 Å². The Balaban J connectivity index is 2.86. The number of carbonyl (C=O) groups is 1. The van der Waals surface area contributed by atoms with Crippen LogP contribution < -0.4 is 5.32 Å². The molecule has 0 radical (unpaired) electrons. The van der Waals surface area contributed by atoms with E-state index < -0.39 is 16.6 Å². The van der Waals surface area contributed by atoms with Gasteiger partial charge in [0.2, 0.25) is 5.91 Å². The molecule has 0 aliphatic carbocycles. The number of likely N-dealkylation sites (N-methyl/N-ethyl adjacent to an activating group) is 1. The van der Waals surface area contributed by atoms with Gasteiger partial charge >= 0.3 is 0 Å². The third-order valence-corrected chi connectivity index (χ3v) is 3.28. The lowest BCUT2D eigenvalue weighted by atomic mass is 10.1. The van der Waals surface area contributed by atoms with Crippen molar-refractivity contribution in [3.8, 4) is 0 Å². The number of amides is 1. The van der Waals surface area contributed by atoms with Crippen LogP contribution in [0, 0.1) is 10.1 Å². The normalized spacial score (nSPS) is 13.0. The summed E-state index contributed by atoms with van der Waals surface area (Å²) in [5.41, 5.74) is -0.902. The van der Waals surface area contributed by atoms with Gasteiger partial charge in [-0.2, -0.15) is 0 Å². The van der Waals surface area contributed by atoms with E-state index in [4.69, 9.17) is 0 Å². The van der Waals surface area contributed by atoms with Crippen molar-refractivity contribution in [3.63, 3.8) is 0 Å². The van der Waals surface area contributed by atoms with E-state index in [9.17, 15) is 20.0 Å². The van der Waals surface area contributed by atoms with Crippen molar-refractivity contribution in [2.75, 3.05) is 18.4 Å². The van der Waals surface area contributed by atoms with Gasteiger partial charge in [0.15, 0.2) is 0 Å². The number of benzene rings is 1. The molecule has 1 unspecified atom stereocenters. The van der Waals surface area contributed by atoms with Gasteiger partial charge in [-0.05, 0) is 33.4 Å². The van der Waals surface area contributed by atoms with Crippen LogP contribution in [0.3, 0.4) is 0 Å². The summed E-state index contributed by atoms with van der Waals surface area (Å²) in [6.07, 6.45) is 0. The molecule has 2 N–H and O–H groups in total. The van der Waals surface area contributed by atoms with Gasteiger partial charge in [0.1, 0.15) is 5.69 Å². The number of hydrogen-bond donors (Lipinski definition) is 2. The molecule has 122 valence electrons. The Bertz CT molecular complexity index is 540. The van der Waals surface area contributed by atoms with E-state index in [0.29, 0.717) is 13.1 Å². The first kappa shape index (κ1) is 18.1. The molecular weight excluding hydrogens is 286 g/mol. The molecular formula is C15H23N3O4. The Kier molecular flexibility index (Phi) is 6.01. The molecule has 0 aliphatic rings. The Hall–Kier alpha value is -1.99. The van der Waals surface area contributed by atoms with Crippen LogP contribution >= 0.6 is 0 Å². The molecule has 0 heterocycles. The number of para-hydroxylation sites is 2. The van der Waals surface area contributed by atoms with E-state index in [-0.39, 0.29) is 17.3 Å². The van der Waals surface area contributed by atoms with E-state index >= 15 is 0 Å². The maximum Gasteiger partial charge on any atom is 0.292 e. The van der Waals surface area contributed by atoms with Crippen molar-refractivity contribution in [2.45, 2.75) is 39.3 Å². The highest BCUT2D eigenvalue weighted by molar-refractivity contribution is 5.96. The van der Waals surface area contributed by atoms with E-state index in [1.807, 2.05) is 11.8 Å². The van der Waals surface area contributed by atoms with Gasteiger partial charge in [-0.15, -0.1) is 0 Å². The number of anilines is 1. The lowest BCUT2D eigenvalue weighted by Gasteiger charge is -2.32. The minimum atomic E-state index is -0.927. The van der Waals surface area contributed by atoms with Crippen LogP contribution in [0.1, 0.15) is 27.7 Å². The first-order chi connectivity index (χ1) is 10.2. The monoisotopic (exact) mass is 309 g/mol. The van der Waals surface area contributed by atoms with Crippen molar-refractivity contribution in [2.24, 2.45) is 0 Å². The lowest BCUT2D eigenvalue weighted by Crippen LogP contribution is -2.48. The summed E-state index contributed by atoms with van der Waals surface area (Å²) >= 11 is 0. The summed E-state index contributed by atoms with van der Waals surface area (Å²) in [5.74, 6) is -0.347. The van der Waals surface area contributed by atoms with E-state index in [1.165, 1.54) is 12.1 Å². The van der Waals surface area contributed by atoms with E-state index in [1.54, 1.807) is 32.9 Å². The molecule has 7 heteroatoms. The highest BCUT2D eigenvalue weighted by Gasteiger charge is 2.26. The molecule has 1 amide bonds. The number of nitro groups is 1. The Morgan fingerprint density at radius 2 is 2.05 bits per heavy atom. The van der Waals surface area contributed by atoms with Gasteiger partial charge in [0, 0.05) is 12.6 Å². The number of nitrogens with zero attached hydrogens (tertiary/aromatic N) is 2. The molecule has 0 saturated carbocycles. The van der Waals surface area contributed by atoms with Crippen molar-refractivity contribution in [3.05, 3.63) is 34.4 Å². The molecule has 1 aromatic carbocycles. The summed E-state index contributed by atoms with van der Waals surface area (Å²) in [4.78, 5) is 24.6. The standard InChI is InChI=1S/C15H23N3O4/c1-5-17(10-15(3,4)20)11(2)14(19)16-12-8-6-7-9-13(12)18(21)22/h6-9,11,20H,5,10H2,1-4H3,(H,16,19). The average Bonchev–Trinajstić information content (AvgIpc) is 2.43. The molecule has 0 fully saturated rings. The molecule has 1 aromatic rings. The van der Waals surface area contributed by atoms with Gasteiger partial charge in [-0.25, -0.2) is 0 Å². The molecule has 0 aliphatic heterocycles. The predicted octanol–water partition coefficient (Wildman–Crippen LogP) is 2.01. The summed E-state index contributed by atoms with van der Waals surface area (Å²) in [6, 6.07) is 5.49. The molecule has 0 aromatic heterocycles. The van der Waals surface area contributed by atoms with Crippen LogP contribution in [0.15, 0.2) is 24.3 Å². The van der Waals surface area contributed by atoms with E-state index in [0.717, 1.165) is 0 Å². The van der Waals surface area contributed by atoms with Crippen molar-refractivity contribution in [1.82, 2.24) is 4.90 Å². The smallest absolute Gasteiger partial charge is 0.292 e. The number of hydrogen-bond acceptors (Lipinski definition) is 5. The third kappa shape index (κ3) is 5.09. The SMILES string of the molecule is CCN(CC(C)(C)O)C(C)C(=O)Nc1ccccc1[N+](=O)[O-]. The first-order valence-corrected chi connectivity index (χ1v) is 7.16. The fourth-order valence-electron chi connectivity index (χ4n) is 2.16. The molecule has 1 rings (SSSR count). The highest BCUT2D eigenvalue weighted by Crippen LogP contribution is 2.23. The summed E-state index contributed by atoms with van der Waals surface area (Å²) in [7, 11) is 0. The van der Waals surface area contributed by atoms with Crippen molar-refractivity contribution < 1.29 is 14.8 Å². The van der Waals surface area contributed by atoms with Crippen LogP contribution in [0.2, 0.25) is 0 Å². The number of aliphatic hydroxyl groups is 1. The zero-order valence-electron chi connectivity index (χ0n) is 13.4. The topological polar surface area (TPSA) is 95.7 Å². The lowest BCUT2D eigenvalue weighted by molar-refractivity contribution is -0.383. The quantitative estimate of drug-likeness (QED) is 0.593. The fourth-order valence-corrected chi connectivity index (χ4v) is 2.16. The average molecular weight is 309 g/mol. The van der Waals surface area contributed by atoms with Crippen LogP contribution in [-0.4, -0.2) is 45.6 Å². The summed E-state index contributed by atoms with van der Waals surface area (Å²) < 4.78 is 0. The molecule has 0 bridgehead atoms. The molecule has 0 saturated heterocycles. The largest absolute Gasteiger partial charge is 0.389 e.